The molecule has 0 spiro atoms. The number of aryl methyl sites for hydroxylation is 2. The van der Waals surface area contributed by atoms with Crippen molar-refractivity contribution in [1.29, 1.82) is 0 Å². The van der Waals surface area contributed by atoms with E-state index in [1.54, 1.807) is 36.4 Å². The monoisotopic (exact) mass is 611 g/mol. The zero-order valence-corrected chi connectivity index (χ0v) is 26.6. The van der Waals surface area contributed by atoms with Crippen LogP contribution in [0, 0.1) is 19.8 Å². The number of nitrogens with one attached hydrogen (secondary N) is 1. The zero-order chi connectivity index (χ0) is 31.7. The lowest BCUT2D eigenvalue weighted by Crippen LogP contribution is -2.53. The van der Waals surface area contributed by atoms with E-state index in [-0.39, 0.29) is 29.7 Å². The van der Waals surface area contributed by atoms with Gasteiger partial charge in [-0.25, -0.2) is 8.42 Å². The Hall–Kier alpha value is -4.43. The first-order valence-electron chi connectivity index (χ1n) is 14.9. The third-order valence-corrected chi connectivity index (χ3v) is 9.20. The quantitative estimate of drug-likeness (QED) is 0.204. The van der Waals surface area contributed by atoms with Crippen LogP contribution >= 0.6 is 0 Å². The number of amides is 2. The van der Waals surface area contributed by atoms with Gasteiger partial charge >= 0.3 is 0 Å². The number of para-hydroxylation sites is 1. The molecule has 0 heterocycles. The lowest BCUT2D eigenvalue weighted by atomic mass is 10.0. The maximum absolute atomic E-state index is 14.5. The average Bonchev–Trinajstić information content (AvgIpc) is 3.02. The van der Waals surface area contributed by atoms with Gasteiger partial charge in [-0.15, -0.1) is 0 Å². The smallest absolute Gasteiger partial charge is 0.264 e. The molecule has 0 fully saturated rings. The van der Waals surface area contributed by atoms with Crippen molar-refractivity contribution in [3.8, 4) is 0 Å². The van der Waals surface area contributed by atoms with E-state index in [0.29, 0.717) is 17.8 Å². The molecule has 44 heavy (non-hydrogen) atoms. The molecule has 0 aliphatic carbocycles. The minimum absolute atomic E-state index is 0.0873. The van der Waals surface area contributed by atoms with Gasteiger partial charge in [0, 0.05) is 19.5 Å². The van der Waals surface area contributed by atoms with Crippen LogP contribution in [0.2, 0.25) is 0 Å². The van der Waals surface area contributed by atoms with E-state index in [1.165, 1.54) is 9.21 Å². The summed E-state index contributed by atoms with van der Waals surface area (Å²) in [4.78, 5) is 29.9. The summed E-state index contributed by atoms with van der Waals surface area (Å²) in [5.74, 6) is -0.546. The van der Waals surface area contributed by atoms with E-state index < -0.39 is 28.5 Å². The number of carbonyl (C=O) groups excluding carboxylic acids is 2. The highest BCUT2D eigenvalue weighted by atomic mass is 32.2. The number of hydrogen-bond donors (Lipinski definition) is 1. The highest BCUT2D eigenvalue weighted by Crippen LogP contribution is 2.28. The van der Waals surface area contributed by atoms with Crippen molar-refractivity contribution < 1.29 is 18.0 Å². The number of carbonyl (C=O) groups is 2. The van der Waals surface area contributed by atoms with E-state index in [2.05, 4.69) is 5.32 Å². The lowest BCUT2D eigenvalue weighted by molar-refractivity contribution is -0.140. The molecule has 0 aliphatic rings. The summed E-state index contributed by atoms with van der Waals surface area (Å²) in [7, 11) is -4.14. The number of rotatable bonds is 13. The molecular formula is C36H41N3O4S. The largest absolute Gasteiger partial charge is 0.354 e. The lowest BCUT2D eigenvalue weighted by Gasteiger charge is -2.34. The van der Waals surface area contributed by atoms with Gasteiger partial charge in [0.05, 0.1) is 10.6 Å². The van der Waals surface area contributed by atoms with Crippen LogP contribution in [0.3, 0.4) is 0 Å². The van der Waals surface area contributed by atoms with Gasteiger partial charge in [-0.05, 0) is 54.7 Å². The molecule has 0 aromatic heterocycles. The minimum atomic E-state index is -4.14. The molecule has 2 amide bonds. The predicted molar refractivity (Wildman–Crippen MR) is 176 cm³/mol. The molecule has 4 aromatic carbocycles. The third kappa shape index (κ3) is 8.35. The molecule has 4 rings (SSSR count). The fourth-order valence-corrected chi connectivity index (χ4v) is 6.43. The van der Waals surface area contributed by atoms with Gasteiger partial charge < -0.3 is 10.2 Å². The second-order valence-corrected chi connectivity index (χ2v) is 13.3. The second-order valence-electron chi connectivity index (χ2n) is 11.5. The average molecular weight is 612 g/mol. The van der Waals surface area contributed by atoms with Gasteiger partial charge in [0.2, 0.25) is 11.8 Å². The van der Waals surface area contributed by atoms with Crippen molar-refractivity contribution in [2.45, 2.75) is 51.6 Å². The van der Waals surface area contributed by atoms with Crippen molar-refractivity contribution in [2.75, 3.05) is 17.4 Å². The van der Waals surface area contributed by atoms with Crippen LogP contribution in [0.25, 0.3) is 0 Å². The summed E-state index contributed by atoms with van der Waals surface area (Å²) in [5, 5.41) is 3.01. The Kier molecular flexibility index (Phi) is 11.0. The summed E-state index contributed by atoms with van der Waals surface area (Å²) >= 11 is 0. The van der Waals surface area contributed by atoms with Crippen molar-refractivity contribution >= 4 is 27.5 Å². The highest BCUT2D eigenvalue weighted by molar-refractivity contribution is 7.92. The summed E-state index contributed by atoms with van der Waals surface area (Å²) in [6.45, 7) is 7.84. The van der Waals surface area contributed by atoms with E-state index >= 15 is 0 Å². The van der Waals surface area contributed by atoms with Gasteiger partial charge in [-0.2, -0.15) is 0 Å². The second kappa shape index (κ2) is 14.8. The first kappa shape index (κ1) is 32.5. The Morgan fingerprint density at radius 1 is 0.750 bits per heavy atom. The molecule has 0 saturated heterocycles. The molecule has 0 bridgehead atoms. The van der Waals surface area contributed by atoms with E-state index in [9.17, 15) is 18.0 Å². The highest BCUT2D eigenvalue weighted by Gasteiger charge is 2.35. The Bertz CT molecular complexity index is 1640. The first-order chi connectivity index (χ1) is 21.1. The molecule has 0 aliphatic heterocycles. The van der Waals surface area contributed by atoms with Crippen LogP contribution in [0.1, 0.15) is 36.1 Å². The van der Waals surface area contributed by atoms with Crippen molar-refractivity contribution in [1.82, 2.24) is 10.2 Å². The van der Waals surface area contributed by atoms with E-state index in [0.717, 1.165) is 16.7 Å². The van der Waals surface area contributed by atoms with Crippen LogP contribution < -0.4 is 9.62 Å². The Labute approximate surface area is 261 Å². The summed E-state index contributed by atoms with van der Waals surface area (Å²) < 4.78 is 29.5. The molecule has 4 aromatic rings. The van der Waals surface area contributed by atoms with Crippen LogP contribution in [0.4, 0.5) is 5.69 Å². The summed E-state index contributed by atoms with van der Waals surface area (Å²) in [6, 6.07) is 31.8. The SMILES string of the molecule is Cc1ccc(S(=O)(=O)N(CC(=O)N(Cc2ccccc2)C(Cc2ccccc2)C(=O)NCC(C)C)c2ccccc2C)cc1. The van der Waals surface area contributed by atoms with E-state index in [4.69, 9.17) is 0 Å². The molecule has 7 nitrogen and oxygen atoms in total. The molecule has 230 valence electrons. The van der Waals surface area contributed by atoms with Crippen LogP contribution in [-0.2, 0) is 32.6 Å². The number of hydrogen-bond acceptors (Lipinski definition) is 4. The third-order valence-electron chi connectivity index (χ3n) is 7.42. The topological polar surface area (TPSA) is 86.8 Å². The molecule has 1 unspecified atom stereocenters. The molecule has 1 atom stereocenters. The first-order valence-corrected chi connectivity index (χ1v) is 16.3. The fraction of sp³-hybridized carbons (Fsp3) is 0.278. The van der Waals surface area contributed by atoms with Crippen molar-refractivity contribution in [3.63, 3.8) is 0 Å². The van der Waals surface area contributed by atoms with Crippen molar-refractivity contribution in [3.05, 3.63) is 131 Å². The Balaban J connectivity index is 1.79. The van der Waals surface area contributed by atoms with Crippen molar-refractivity contribution in [2.24, 2.45) is 5.92 Å². The van der Waals surface area contributed by atoms with E-state index in [1.807, 2.05) is 100 Å². The maximum Gasteiger partial charge on any atom is 0.264 e. The maximum atomic E-state index is 14.5. The zero-order valence-electron chi connectivity index (χ0n) is 25.8. The van der Waals surface area contributed by atoms with Gasteiger partial charge in [0.1, 0.15) is 12.6 Å². The van der Waals surface area contributed by atoms with Gasteiger partial charge in [-0.1, -0.05) is 110 Å². The molecule has 8 heteroatoms. The Morgan fingerprint density at radius 3 is 1.91 bits per heavy atom. The van der Waals surface area contributed by atoms with Crippen LogP contribution in [0.5, 0.6) is 0 Å². The number of benzene rings is 4. The van der Waals surface area contributed by atoms with Crippen LogP contribution in [0.15, 0.2) is 114 Å². The normalized spacial score (nSPS) is 12.0. The number of sulfonamides is 1. The van der Waals surface area contributed by atoms with Crippen LogP contribution in [-0.4, -0.2) is 44.3 Å². The molecular weight excluding hydrogens is 570 g/mol. The molecule has 0 saturated carbocycles. The Morgan fingerprint density at radius 2 is 1.32 bits per heavy atom. The summed E-state index contributed by atoms with van der Waals surface area (Å²) in [5.41, 5.74) is 3.77. The van der Waals surface area contributed by atoms with Gasteiger partial charge in [-0.3, -0.25) is 13.9 Å². The van der Waals surface area contributed by atoms with Gasteiger partial charge in [0.15, 0.2) is 0 Å². The standard InChI is InChI=1S/C36H41N3O4S/c1-27(2)24-37-36(41)34(23-30-14-7-5-8-15-30)38(25-31-16-9-6-10-17-31)35(40)26-39(33-18-12-11-13-29(33)4)44(42,43)32-21-19-28(3)20-22-32/h5-22,27,34H,23-26H2,1-4H3,(H,37,41). The predicted octanol–water partition coefficient (Wildman–Crippen LogP) is 5.91. The minimum Gasteiger partial charge on any atom is -0.354 e. The molecule has 1 N–H and O–H groups in total. The molecule has 0 radical (unpaired) electrons. The number of nitrogens with zero attached hydrogens (tertiary/aromatic N) is 2. The number of anilines is 1. The summed E-state index contributed by atoms with van der Waals surface area (Å²) in [6.07, 6.45) is 0.276. The van der Waals surface area contributed by atoms with Gasteiger partial charge in [0.25, 0.3) is 10.0 Å². The fourth-order valence-electron chi connectivity index (χ4n) is 4.95.